The number of ether oxygens (including phenoxy) is 1. The van der Waals surface area contributed by atoms with Gasteiger partial charge in [0.1, 0.15) is 6.61 Å². The third kappa shape index (κ3) is 3.08. The Morgan fingerprint density at radius 1 is 1.50 bits per heavy atom. The van der Waals surface area contributed by atoms with E-state index in [9.17, 15) is 14.9 Å². The van der Waals surface area contributed by atoms with Crippen molar-refractivity contribution in [2.75, 3.05) is 0 Å². The highest BCUT2D eigenvalue weighted by Gasteiger charge is 2.15. The van der Waals surface area contributed by atoms with Gasteiger partial charge < -0.3 is 4.74 Å². The lowest BCUT2D eigenvalue weighted by molar-refractivity contribution is -0.385. The molecule has 3 N–H and O–H groups in total. The van der Waals surface area contributed by atoms with E-state index >= 15 is 0 Å². The molecular formula is C11H10N4O4S. The van der Waals surface area contributed by atoms with Gasteiger partial charge in [0.15, 0.2) is 10.8 Å². The Hall–Kier alpha value is -2.52. The third-order valence-corrected chi connectivity index (χ3v) is 3.20. The number of nitro benzene ring substituents is 1. The number of hydrazine groups is 1. The summed E-state index contributed by atoms with van der Waals surface area (Å²) in [6.07, 6.45) is 0. The zero-order chi connectivity index (χ0) is 14.5. The van der Waals surface area contributed by atoms with Gasteiger partial charge >= 0.3 is 5.69 Å². The van der Waals surface area contributed by atoms with Gasteiger partial charge in [-0.05, 0) is 6.07 Å². The highest BCUT2D eigenvalue weighted by atomic mass is 32.1. The predicted octanol–water partition coefficient (Wildman–Crippen LogP) is 1.23. The standard InChI is InChI=1S/C11H10N4O4S/c12-14-10(16)11-13-7(6-20-11)5-19-9-4-2-1-3-8(9)15(17)18/h1-4,6H,5,12H2,(H,14,16). The average molecular weight is 294 g/mol. The number of carbonyl (C=O) groups is 1. The number of carbonyl (C=O) groups excluding carboxylic acids is 1. The molecule has 8 nitrogen and oxygen atoms in total. The molecule has 0 saturated heterocycles. The van der Waals surface area contributed by atoms with E-state index in [4.69, 9.17) is 10.6 Å². The van der Waals surface area contributed by atoms with Gasteiger partial charge in [0.2, 0.25) is 0 Å². The molecule has 0 saturated carbocycles. The molecule has 0 fully saturated rings. The molecule has 0 radical (unpaired) electrons. The molecule has 104 valence electrons. The number of rotatable bonds is 5. The quantitative estimate of drug-likeness (QED) is 0.370. The van der Waals surface area contributed by atoms with E-state index in [-0.39, 0.29) is 23.1 Å². The SMILES string of the molecule is NNC(=O)c1nc(COc2ccccc2[N+](=O)[O-])cs1. The van der Waals surface area contributed by atoms with Crippen molar-refractivity contribution in [3.8, 4) is 5.75 Å². The molecule has 0 aliphatic heterocycles. The average Bonchev–Trinajstić information content (AvgIpc) is 2.93. The number of hydrogen-bond acceptors (Lipinski definition) is 7. The van der Waals surface area contributed by atoms with Crippen LogP contribution in [0.2, 0.25) is 0 Å². The first-order valence-electron chi connectivity index (χ1n) is 5.43. The van der Waals surface area contributed by atoms with Crippen LogP contribution in [0.15, 0.2) is 29.6 Å². The molecule has 1 aromatic carbocycles. The van der Waals surface area contributed by atoms with Crippen molar-refractivity contribution in [3.63, 3.8) is 0 Å². The lowest BCUT2D eigenvalue weighted by Gasteiger charge is -2.04. The summed E-state index contributed by atoms with van der Waals surface area (Å²) < 4.78 is 5.35. The minimum atomic E-state index is -0.524. The van der Waals surface area contributed by atoms with Crippen LogP contribution in [0.4, 0.5) is 5.69 Å². The Labute approximate surface area is 117 Å². The van der Waals surface area contributed by atoms with Gasteiger partial charge in [0.05, 0.1) is 10.6 Å². The number of nitrogens with one attached hydrogen (secondary N) is 1. The van der Waals surface area contributed by atoms with Gasteiger partial charge in [-0.3, -0.25) is 20.3 Å². The van der Waals surface area contributed by atoms with Crippen LogP contribution in [0.25, 0.3) is 0 Å². The third-order valence-electron chi connectivity index (χ3n) is 2.31. The fourth-order valence-corrected chi connectivity index (χ4v) is 2.13. The number of nitrogens with zero attached hydrogens (tertiary/aromatic N) is 2. The van der Waals surface area contributed by atoms with E-state index in [0.717, 1.165) is 11.3 Å². The van der Waals surface area contributed by atoms with Gasteiger partial charge in [-0.1, -0.05) is 12.1 Å². The fraction of sp³-hybridized carbons (Fsp3) is 0.0909. The van der Waals surface area contributed by atoms with Crippen molar-refractivity contribution in [2.45, 2.75) is 6.61 Å². The summed E-state index contributed by atoms with van der Waals surface area (Å²) >= 11 is 1.11. The molecule has 9 heteroatoms. The summed E-state index contributed by atoms with van der Waals surface area (Å²) in [7, 11) is 0. The second-order valence-electron chi connectivity index (χ2n) is 3.63. The van der Waals surface area contributed by atoms with E-state index < -0.39 is 10.8 Å². The highest BCUT2D eigenvalue weighted by Crippen LogP contribution is 2.26. The molecule has 0 bridgehead atoms. The summed E-state index contributed by atoms with van der Waals surface area (Å²) in [6, 6.07) is 6.04. The number of thiazole rings is 1. The van der Waals surface area contributed by atoms with Crippen LogP contribution in [0, 0.1) is 10.1 Å². The second kappa shape index (κ2) is 6.08. The molecule has 1 amide bonds. The maximum absolute atomic E-state index is 11.2. The number of benzene rings is 1. The molecule has 1 heterocycles. The Kier molecular flexibility index (Phi) is 4.23. The summed E-state index contributed by atoms with van der Waals surface area (Å²) in [6.45, 7) is 0.0270. The van der Waals surface area contributed by atoms with Crippen LogP contribution in [0.1, 0.15) is 15.5 Å². The van der Waals surface area contributed by atoms with Crippen molar-refractivity contribution in [2.24, 2.45) is 5.84 Å². The number of para-hydroxylation sites is 2. The van der Waals surface area contributed by atoms with Crippen molar-refractivity contribution in [1.29, 1.82) is 0 Å². The zero-order valence-electron chi connectivity index (χ0n) is 10.1. The number of hydrogen-bond donors (Lipinski definition) is 2. The number of nitrogens with two attached hydrogens (primary N) is 1. The monoisotopic (exact) mass is 294 g/mol. The topological polar surface area (TPSA) is 120 Å². The van der Waals surface area contributed by atoms with Crippen molar-refractivity contribution in [1.82, 2.24) is 10.4 Å². The van der Waals surface area contributed by atoms with Gasteiger partial charge in [-0.25, -0.2) is 10.8 Å². The first-order valence-corrected chi connectivity index (χ1v) is 6.31. The van der Waals surface area contributed by atoms with Crippen LogP contribution >= 0.6 is 11.3 Å². The molecule has 2 aromatic rings. The largest absolute Gasteiger partial charge is 0.480 e. The summed E-state index contributed by atoms with van der Waals surface area (Å²) in [5.74, 6) is 4.65. The number of nitrogen functional groups attached to an aromatic ring is 1. The van der Waals surface area contributed by atoms with Crippen LogP contribution in [0.3, 0.4) is 0 Å². The van der Waals surface area contributed by atoms with Crippen molar-refractivity contribution in [3.05, 3.63) is 50.5 Å². The molecular weight excluding hydrogens is 284 g/mol. The van der Waals surface area contributed by atoms with Gasteiger partial charge in [0.25, 0.3) is 5.91 Å². The van der Waals surface area contributed by atoms with Gasteiger partial charge in [-0.15, -0.1) is 11.3 Å². The number of aromatic nitrogens is 1. The van der Waals surface area contributed by atoms with Crippen LogP contribution in [0.5, 0.6) is 5.75 Å². The van der Waals surface area contributed by atoms with E-state index in [2.05, 4.69) is 4.98 Å². The lowest BCUT2D eigenvalue weighted by atomic mass is 10.3. The molecule has 0 spiro atoms. The molecule has 0 atom stereocenters. The molecule has 0 unspecified atom stereocenters. The Morgan fingerprint density at radius 3 is 2.95 bits per heavy atom. The highest BCUT2D eigenvalue weighted by molar-refractivity contribution is 7.11. The molecule has 0 aliphatic rings. The van der Waals surface area contributed by atoms with E-state index in [0.29, 0.717) is 5.69 Å². The fourth-order valence-electron chi connectivity index (χ4n) is 1.42. The Balaban J connectivity index is 2.07. The lowest BCUT2D eigenvalue weighted by Crippen LogP contribution is -2.29. The molecule has 2 rings (SSSR count). The Bertz CT molecular complexity index is 643. The molecule has 0 aliphatic carbocycles. The van der Waals surface area contributed by atoms with Crippen molar-refractivity contribution >= 4 is 22.9 Å². The maximum atomic E-state index is 11.2. The maximum Gasteiger partial charge on any atom is 0.310 e. The van der Waals surface area contributed by atoms with E-state index in [1.807, 2.05) is 5.43 Å². The zero-order valence-corrected chi connectivity index (χ0v) is 10.9. The predicted molar refractivity (Wildman–Crippen MR) is 71.2 cm³/mol. The Morgan fingerprint density at radius 2 is 2.25 bits per heavy atom. The summed E-state index contributed by atoms with van der Waals surface area (Å²) in [5, 5.41) is 12.6. The second-order valence-corrected chi connectivity index (χ2v) is 4.49. The number of nitro groups is 1. The smallest absolute Gasteiger partial charge is 0.310 e. The number of amides is 1. The van der Waals surface area contributed by atoms with E-state index in [1.165, 1.54) is 12.1 Å². The van der Waals surface area contributed by atoms with Crippen LogP contribution < -0.4 is 16.0 Å². The van der Waals surface area contributed by atoms with Gasteiger partial charge in [0, 0.05) is 11.4 Å². The normalized spacial score (nSPS) is 10.1. The van der Waals surface area contributed by atoms with Crippen LogP contribution in [-0.2, 0) is 6.61 Å². The molecule has 1 aromatic heterocycles. The first-order chi connectivity index (χ1) is 9.61. The summed E-state index contributed by atoms with van der Waals surface area (Å²) in [4.78, 5) is 25.5. The van der Waals surface area contributed by atoms with Crippen LogP contribution in [-0.4, -0.2) is 15.8 Å². The minimum absolute atomic E-state index is 0.0270. The molecule has 20 heavy (non-hydrogen) atoms. The van der Waals surface area contributed by atoms with Crippen molar-refractivity contribution < 1.29 is 14.5 Å². The van der Waals surface area contributed by atoms with E-state index in [1.54, 1.807) is 17.5 Å². The minimum Gasteiger partial charge on any atom is -0.480 e. The summed E-state index contributed by atoms with van der Waals surface area (Å²) in [5.41, 5.74) is 2.34. The van der Waals surface area contributed by atoms with Gasteiger partial charge in [-0.2, -0.15) is 0 Å². The first kappa shape index (κ1) is 13.9.